The largest absolute Gasteiger partial charge is 0.497 e. The number of amides is 1. The summed E-state index contributed by atoms with van der Waals surface area (Å²) in [5, 5.41) is 7.23. The molecule has 1 unspecified atom stereocenters. The first-order valence-corrected chi connectivity index (χ1v) is 9.51. The van der Waals surface area contributed by atoms with Crippen LogP contribution in [0.15, 0.2) is 60.8 Å². The van der Waals surface area contributed by atoms with Gasteiger partial charge < -0.3 is 14.8 Å². The highest BCUT2D eigenvalue weighted by atomic mass is 19.4. The molecule has 0 bridgehead atoms. The lowest BCUT2D eigenvalue weighted by atomic mass is 10.1. The van der Waals surface area contributed by atoms with Crippen molar-refractivity contribution in [3.05, 3.63) is 66.4 Å². The summed E-state index contributed by atoms with van der Waals surface area (Å²) >= 11 is 0. The van der Waals surface area contributed by atoms with Gasteiger partial charge >= 0.3 is 6.18 Å². The molecule has 3 aromatic rings. The van der Waals surface area contributed by atoms with Crippen LogP contribution in [0.4, 0.5) is 13.2 Å². The summed E-state index contributed by atoms with van der Waals surface area (Å²) in [6.45, 7) is -0.0604. The predicted octanol–water partition coefficient (Wildman–Crippen LogP) is 4.25. The average Bonchev–Trinajstić information content (AvgIpc) is 3.19. The fourth-order valence-corrected chi connectivity index (χ4v) is 2.91. The zero-order chi connectivity index (χ0) is 22.4. The number of rotatable bonds is 8. The zero-order valence-corrected chi connectivity index (χ0v) is 17.0. The van der Waals surface area contributed by atoms with Gasteiger partial charge in [0.25, 0.3) is 5.91 Å². The molecule has 0 saturated carbocycles. The number of para-hydroxylation sites is 1. The van der Waals surface area contributed by atoms with E-state index in [-0.39, 0.29) is 12.2 Å². The van der Waals surface area contributed by atoms with Crippen molar-refractivity contribution in [2.45, 2.75) is 19.1 Å². The fourth-order valence-electron chi connectivity index (χ4n) is 2.91. The number of alkyl halides is 3. The van der Waals surface area contributed by atoms with Crippen LogP contribution < -0.4 is 10.1 Å². The van der Waals surface area contributed by atoms with Crippen molar-refractivity contribution in [2.75, 3.05) is 20.3 Å². The molecule has 164 valence electrons. The summed E-state index contributed by atoms with van der Waals surface area (Å²) in [4.78, 5) is 12.9. The van der Waals surface area contributed by atoms with Crippen molar-refractivity contribution < 1.29 is 27.4 Å². The molecule has 0 radical (unpaired) electrons. The Hall–Kier alpha value is -3.33. The second-order valence-corrected chi connectivity index (χ2v) is 6.90. The summed E-state index contributed by atoms with van der Waals surface area (Å²) in [7, 11) is 1.56. The molecule has 0 saturated heterocycles. The molecule has 9 heteroatoms. The van der Waals surface area contributed by atoms with Gasteiger partial charge in [0.05, 0.1) is 25.0 Å². The maximum absolute atomic E-state index is 12.9. The molecule has 0 aliphatic heterocycles. The highest BCUT2D eigenvalue weighted by Crippen LogP contribution is 2.26. The monoisotopic (exact) mass is 433 g/mol. The Labute approximate surface area is 177 Å². The molecule has 1 atom stereocenters. The topological polar surface area (TPSA) is 65.4 Å². The van der Waals surface area contributed by atoms with Crippen molar-refractivity contribution in [2.24, 2.45) is 0 Å². The number of benzene rings is 2. The van der Waals surface area contributed by atoms with Crippen LogP contribution >= 0.6 is 0 Å². The minimum Gasteiger partial charge on any atom is -0.497 e. The second-order valence-electron chi connectivity index (χ2n) is 6.90. The predicted molar refractivity (Wildman–Crippen MR) is 109 cm³/mol. The third kappa shape index (κ3) is 6.08. The molecule has 3 rings (SSSR count). The van der Waals surface area contributed by atoms with Gasteiger partial charge in [0.1, 0.15) is 18.1 Å². The smallest absolute Gasteiger partial charge is 0.411 e. The number of aromatic nitrogens is 2. The number of carbonyl (C=O) groups is 1. The van der Waals surface area contributed by atoms with Crippen LogP contribution in [0.2, 0.25) is 0 Å². The van der Waals surface area contributed by atoms with Gasteiger partial charge in [-0.05, 0) is 43.3 Å². The molecule has 2 aromatic carbocycles. The van der Waals surface area contributed by atoms with Crippen LogP contribution in [-0.4, -0.2) is 48.2 Å². The number of nitrogens with zero attached hydrogens (tertiary/aromatic N) is 2. The van der Waals surface area contributed by atoms with E-state index in [1.54, 1.807) is 49.2 Å². The van der Waals surface area contributed by atoms with Crippen LogP contribution in [0.1, 0.15) is 17.3 Å². The van der Waals surface area contributed by atoms with Gasteiger partial charge in [0.15, 0.2) is 0 Å². The van der Waals surface area contributed by atoms with Gasteiger partial charge in [0.2, 0.25) is 0 Å². The summed E-state index contributed by atoms with van der Waals surface area (Å²) in [5.74, 6) is 0.198. The van der Waals surface area contributed by atoms with Gasteiger partial charge in [-0.3, -0.25) is 4.79 Å². The molecular weight excluding hydrogens is 411 g/mol. The number of halogens is 3. The van der Waals surface area contributed by atoms with Crippen molar-refractivity contribution in [1.29, 1.82) is 0 Å². The number of hydrogen-bond acceptors (Lipinski definition) is 4. The molecule has 0 aliphatic carbocycles. The maximum atomic E-state index is 12.9. The van der Waals surface area contributed by atoms with Gasteiger partial charge in [0, 0.05) is 17.8 Å². The molecule has 31 heavy (non-hydrogen) atoms. The first-order chi connectivity index (χ1) is 14.8. The van der Waals surface area contributed by atoms with E-state index in [4.69, 9.17) is 4.74 Å². The van der Waals surface area contributed by atoms with E-state index in [0.717, 1.165) is 5.69 Å². The van der Waals surface area contributed by atoms with E-state index in [1.165, 1.54) is 0 Å². The van der Waals surface area contributed by atoms with Crippen LogP contribution in [0.3, 0.4) is 0 Å². The average molecular weight is 433 g/mol. The third-order valence-corrected chi connectivity index (χ3v) is 4.35. The summed E-state index contributed by atoms with van der Waals surface area (Å²) in [6.07, 6.45) is -2.82. The van der Waals surface area contributed by atoms with Crippen molar-refractivity contribution in [3.8, 4) is 22.7 Å². The molecule has 1 heterocycles. The lowest BCUT2D eigenvalue weighted by Crippen LogP contribution is -2.37. The molecule has 1 aromatic heterocycles. The Morgan fingerprint density at radius 3 is 2.42 bits per heavy atom. The Kier molecular flexibility index (Phi) is 6.96. The summed E-state index contributed by atoms with van der Waals surface area (Å²) in [6, 6.07) is 15.7. The molecular formula is C22H22F3N3O3. The lowest BCUT2D eigenvalue weighted by molar-refractivity contribution is -0.174. The van der Waals surface area contributed by atoms with Crippen molar-refractivity contribution >= 4 is 5.91 Å². The van der Waals surface area contributed by atoms with Crippen LogP contribution in [-0.2, 0) is 4.74 Å². The van der Waals surface area contributed by atoms with E-state index >= 15 is 0 Å². The minimum atomic E-state index is -4.41. The van der Waals surface area contributed by atoms with E-state index in [2.05, 4.69) is 15.2 Å². The summed E-state index contributed by atoms with van der Waals surface area (Å²) in [5.41, 5.74) is 2.18. The normalized spacial score (nSPS) is 12.4. The molecule has 0 aliphatic rings. The van der Waals surface area contributed by atoms with Gasteiger partial charge in [-0.2, -0.15) is 18.3 Å². The Balaban J connectivity index is 1.84. The highest BCUT2D eigenvalue weighted by molar-refractivity contribution is 6.00. The maximum Gasteiger partial charge on any atom is 0.411 e. The van der Waals surface area contributed by atoms with Crippen molar-refractivity contribution in [3.63, 3.8) is 0 Å². The molecule has 6 nitrogen and oxygen atoms in total. The number of ether oxygens (including phenoxy) is 2. The number of nitrogens with one attached hydrogen (secondary N) is 1. The van der Waals surface area contributed by atoms with Crippen molar-refractivity contribution in [1.82, 2.24) is 15.1 Å². The number of methoxy groups -OCH3 is 1. The lowest BCUT2D eigenvalue weighted by Gasteiger charge is -2.15. The van der Waals surface area contributed by atoms with E-state index < -0.39 is 24.7 Å². The SMILES string of the molecule is COc1ccc(-c2nn(-c3ccccc3)cc2C(=O)NC(C)COCC(F)(F)F)cc1. The zero-order valence-electron chi connectivity index (χ0n) is 17.0. The Morgan fingerprint density at radius 1 is 1.13 bits per heavy atom. The quantitative estimate of drug-likeness (QED) is 0.577. The van der Waals surface area contributed by atoms with Crippen LogP contribution in [0.5, 0.6) is 5.75 Å². The second kappa shape index (κ2) is 9.65. The standard InChI is InChI=1S/C22H22F3N3O3/c1-15(13-31-14-22(23,24)25)26-21(29)19-12-28(17-6-4-3-5-7-17)27-20(19)16-8-10-18(30-2)11-9-16/h3-12,15H,13-14H2,1-2H3,(H,26,29). The van der Waals surface area contributed by atoms with E-state index in [9.17, 15) is 18.0 Å². The first-order valence-electron chi connectivity index (χ1n) is 9.51. The summed E-state index contributed by atoms with van der Waals surface area (Å²) < 4.78 is 48.2. The molecule has 1 amide bonds. The number of carbonyl (C=O) groups excluding carboxylic acids is 1. The Bertz CT molecular complexity index is 1000. The van der Waals surface area contributed by atoms with Gasteiger partial charge in [-0.15, -0.1) is 0 Å². The van der Waals surface area contributed by atoms with E-state index in [0.29, 0.717) is 17.0 Å². The first kappa shape index (κ1) is 22.4. The molecule has 1 N–H and O–H groups in total. The highest BCUT2D eigenvalue weighted by Gasteiger charge is 2.28. The van der Waals surface area contributed by atoms with Gasteiger partial charge in [-0.1, -0.05) is 18.2 Å². The minimum absolute atomic E-state index is 0.268. The van der Waals surface area contributed by atoms with Crippen LogP contribution in [0, 0.1) is 0 Å². The molecule has 0 fully saturated rings. The van der Waals surface area contributed by atoms with Gasteiger partial charge in [-0.25, -0.2) is 4.68 Å². The van der Waals surface area contributed by atoms with E-state index in [1.807, 2.05) is 30.3 Å². The Morgan fingerprint density at radius 2 is 1.81 bits per heavy atom. The molecule has 0 spiro atoms. The fraction of sp³-hybridized carbons (Fsp3) is 0.273. The third-order valence-electron chi connectivity index (χ3n) is 4.35. The van der Waals surface area contributed by atoms with Crippen LogP contribution in [0.25, 0.3) is 16.9 Å². The number of hydrogen-bond donors (Lipinski definition) is 1.